The zero-order valence-corrected chi connectivity index (χ0v) is 17.0. The van der Waals surface area contributed by atoms with Gasteiger partial charge in [-0.3, -0.25) is 4.79 Å². The Morgan fingerprint density at radius 2 is 2.26 bits per heavy atom. The second kappa shape index (κ2) is 10.9. The van der Waals surface area contributed by atoms with E-state index < -0.39 is 12.1 Å². The molecule has 8 heteroatoms. The van der Waals surface area contributed by atoms with Gasteiger partial charge in [0.2, 0.25) is 5.91 Å². The zero-order valence-electron chi connectivity index (χ0n) is 17.0. The minimum atomic E-state index is -0.609. The summed E-state index contributed by atoms with van der Waals surface area (Å²) in [5, 5.41) is 16.3. The number of amides is 1. The summed E-state index contributed by atoms with van der Waals surface area (Å²) in [5.41, 5.74) is 0.681. The van der Waals surface area contributed by atoms with E-state index in [4.69, 9.17) is 9.47 Å². The number of nitrogens with one attached hydrogen (secondary N) is 1. The van der Waals surface area contributed by atoms with Gasteiger partial charge in [-0.2, -0.15) is 0 Å². The molecule has 0 aromatic heterocycles. The molecule has 1 fully saturated rings. The van der Waals surface area contributed by atoms with Crippen molar-refractivity contribution < 1.29 is 29.0 Å². The summed E-state index contributed by atoms with van der Waals surface area (Å²) in [5.74, 6) is -1.09. The number of rotatable bonds is 6. The lowest BCUT2D eigenvalue weighted by molar-refractivity contribution is -0.115. The fourth-order valence-electron chi connectivity index (χ4n) is 3.06. The van der Waals surface area contributed by atoms with Crippen molar-refractivity contribution in [3.05, 3.63) is 72.0 Å². The lowest BCUT2D eigenvalue weighted by Gasteiger charge is -2.17. The SMILES string of the molecule is CO/N=C/C=C\C(=O)N/C=C/CC1CC2OC2/C=C\C=C\c2cccc(O)c2C(=O)O1. The molecule has 0 bridgehead atoms. The highest BCUT2D eigenvalue weighted by atomic mass is 16.6. The molecule has 162 valence electrons. The maximum atomic E-state index is 12.8. The van der Waals surface area contributed by atoms with Gasteiger partial charge in [-0.05, 0) is 17.7 Å². The summed E-state index contributed by atoms with van der Waals surface area (Å²) in [6.07, 6.45) is 14.9. The van der Waals surface area contributed by atoms with Gasteiger partial charge in [0.05, 0.1) is 12.3 Å². The molecule has 3 atom stereocenters. The van der Waals surface area contributed by atoms with E-state index in [0.29, 0.717) is 18.4 Å². The van der Waals surface area contributed by atoms with Crippen molar-refractivity contribution in [2.75, 3.05) is 7.11 Å². The molecule has 2 aliphatic heterocycles. The Balaban J connectivity index is 1.66. The average Bonchev–Trinajstić information content (AvgIpc) is 3.48. The smallest absolute Gasteiger partial charge is 0.342 e. The Labute approximate surface area is 180 Å². The fourth-order valence-corrected chi connectivity index (χ4v) is 3.06. The summed E-state index contributed by atoms with van der Waals surface area (Å²) in [4.78, 5) is 29.0. The van der Waals surface area contributed by atoms with E-state index >= 15 is 0 Å². The molecular weight excluding hydrogens is 400 g/mol. The number of carbonyl (C=O) groups excluding carboxylic acids is 2. The van der Waals surface area contributed by atoms with Gasteiger partial charge in [0, 0.05) is 25.1 Å². The number of phenolic OH excluding ortho intramolecular Hbond substituents is 1. The highest BCUT2D eigenvalue weighted by Crippen LogP contribution is 2.31. The molecule has 1 amide bonds. The molecule has 1 saturated heterocycles. The number of oxime groups is 1. The number of ether oxygens (including phenoxy) is 2. The minimum Gasteiger partial charge on any atom is -0.507 e. The van der Waals surface area contributed by atoms with Crippen molar-refractivity contribution in [2.45, 2.75) is 31.2 Å². The van der Waals surface area contributed by atoms with Gasteiger partial charge in [-0.15, -0.1) is 0 Å². The van der Waals surface area contributed by atoms with Crippen LogP contribution in [0.1, 0.15) is 28.8 Å². The molecule has 3 rings (SSSR count). The number of cyclic esters (lactones) is 1. The summed E-state index contributed by atoms with van der Waals surface area (Å²) in [7, 11) is 1.41. The number of allylic oxidation sites excluding steroid dienone is 3. The minimum absolute atomic E-state index is 0.0171. The lowest BCUT2D eigenvalue weighted by Crippen LogP contribution is -2.21. The molecule has 0 spiro atoms. The van der Waals surface area contributed by atoms with E-state index in [-0.39, 0.29) is 29.4 Å². The Morgan fingerprint density at radius 3 is 3.10 bits per heavy atom. The molecule has 0 saturated carbocycles. The molecule has 31 heavy (non-hydrogen) atoms. The van der Waals surface area contributed by atoms with Crippen LogP contribution in [0.4, 0.5) is 0 Å². The first-order chi connectivity index (χ1) is 15.1. The number of aromatic hydroxyl groups is 1. The quantitative estimate of drug-likeness (QED) is 0.239. The summed E-state index contributed by atoms with van der Waals surface area (Å²) < 4.78 is 11.3. The van der Waals surface area contributed by atoms with Crippen LogP contribution in [0.5, 0.6) is 5.75 Å². The maximum Gasteiger partial charge on any atom is 0.342 e. The van der Waals surface area contributed by atoms with Crippen molar-refractivity contribution in [3.8, 4) is 5.75 Å². The van der Waals surface area contributed by atoms with Crippen molar-refractivity contribution in [2.24, 2.45) is 5.16 Å². The lowest BCUT2D eigenvalue weighted by atomic mass is 10.0. The molecule has 2 heterocycles. The van der Waals surface area contributed by atoms with Gasteiger partial charge in [-0.1, -0.05) is 47.7 Å². The molecule has 3 unspecified atom stereocenters. The Morgan fingerprint density at radius 1 is 1.39 bits per heavy atom. The number of esters is 1. The van der Waals surface area contributed by atoms with Crippen LogP contribution in [-0.2, 0) is 19.1 Å². The van der Waals surface area contributed by atoms with Crippen LogP contribution in [0.15, 0.2) is 66.0 Å². The van der Waals surface area contributed by atoms with Gasteiger partial charge >= 0.3 is 5.97 Å². The molecule has 0 aliphatic carbocycles. The maximum absolute atomic E-state index is 12.8. The fraction of sp³-hybridized carbons (Fsp3) is 0.261. The van der Waals surface area contributed by atoms with E-state index in [9.17, 15) is 14.7 Å². The molecule has 1 aromatic carbocycles. The van der Waals surface area contributed by atoms with Crippen LogP contribution in [-0.4, -0.2) is 48.6 Å². The second-order valence-electron chi connectivity index (χ2n) is 6.83. The summed E-state index contributed by atoms with van der Waals surface area (Å²) in [6, 6.07) is 4.85. The standard InChI is InChI=1S/C23H24N2O6/c1-29-25-14-6-12-21(27)24-13-5-9-17-15-20-19(31-20)11-3-2-7-16-8-4-10-18(26)22(16)23(28)30-17/h2-8,10-14,17,19-20,26H,9,15H2,1H3,(H,24,27)/b7-2+,11-3-,12-6-,13-5+,25-14+. The van der Waals surface area contributed by atoms with Gasteiger partial charge in [0.1, 0.15) is 30.6 Å². The third kappa shape index (κ3) is 6.68. The number of hydrogen-bond donors (Lipinski definition) is 2. The number of epoxide rings is 1. The van der Waals surface area contributed by atoms with E-state index in [2.05, 4.69) is 15.3 Å². The van der Waals surface area contributed by atoms with Crippen molar-refractivity contribution in [1.82, 2.24) is 5.32 Å². The topological polar surface area (TPSA) is 110 Å². The first-order valence-corrected chi connectivity index (χ1v) is 9.80. The number of phenols is 1. The van der Waals surface area contributed by atoms with Gasteiger partial charge in [0.15, 0.2) is 0 Å². The zero-order chi connectivity index (χ0) is 22.1. The Kier molecular flexibility index (Phi) is 7.78. The molecule has 2 aliphatic rings. The molecule has 2 N–H and O–H groups in total. The third-order valence-electron chi connectivity index (χ3n) is 4.60. The predicted molar refractivity (Wildman–Crippen MR) is 115 cm³/mol. The van der Waals surface area contributed by atoms with E-state index in [1.165, 1.54) is 37.7 Å². The highest BCUT2D eigenvalue weighted by Gasteiger charge is 2.39. The van der Waals surface area contributed by atoms with Crippen LogP contribution in [0, 0.1) is 0 Å². The van der Waals surface area contributed by atoms with Crippen LogP contribution >= 0.6 is 0 Å². The Hall–Kier alpha value is -3.65. The molecule has 1 aromatic rings. The Bertz CT molecular complexity index is 947. The van der Waals surface area contributed by atoms with E-state index in [1.54, 1.807) is 30.4 Å². The second-order valence-corrected chi connectivity index (χ2v) is 6.83. The van der Waals surface area contributed by atoms with Crippen LogP contribution in [0.2, 0.25) is 0 Å². The normalized spacial score (nSPS) is 25.2. The van der Waals surface area contributed by atoms with Gasteiger partial charge in [0.25, 0.3) is 0 Å². The van der Waals surface area contributed by atoms with Crippen molar-refractivity contribution >= 4 is 24.2 Å². The first kappa shape index (κ1) is 22.0. The molecule has 0 radical (unpaired) electrons. The summed E-state index contributed by atoms with van der Waals surface area (Å²) in [6.45, 7) is 0. The first-order valence-electron chi connectivity index (χ1n) is 9.80. The monoisotopic (exact) mass is 424 g/mol. The summed E-state index contributed by atoms with van der Waals surface area (Å²) >= 11 is 0. The van der Waals surface area contributed by atoms with Crippen LogP contribution in [0.3, 0.4) is 0 Å². The molecule has 8 nitrogen and oxygen atoms in total. The number of carbonyl (C=O) groups is 2. The van der Waals surface area contributed by atoms with Crippen molar-refractivity contribution in [3.63, 3.8) is 0 Å². The number of fused-ring (bicyclic) bond motifs is 2. The van der Waals surface area contributed by atoms with Gasteiger partial charge < -0.3 is 24.7 Å². The van der Waals surface area contributed by atoms with E-state index in [1.807, 2.05) is 12.2 Å². The third-order valence-corrected chi connectivity index (χ3v) is 4.60. The van der Waals surface area contributed by atoms with E-state index in [0.717, 1.165) is 0 Å². The predicted octanol–water partition coefficient (Wildman–Crippen LogP) is 2.87. The van der Waals surface area contributed by atoms with Crippen LogP contribution < -0.4 is 5.32 Å². The number of hydrogen-bond acceptors (Lipinski definition) is 7. The molecular formula is C23H24N2O6. The average molecular weight is 424 g/mol. The number of benzene rings is 1. The largest absolute Gasteiger partial charge is 0.507 e. The number of nitrogens with zero attached hydrogens (tertiary/aromatic N) is 1. The highest BCUT2D eigenvalue weighted by molar-refractivity contribution is 5.96. The van der Waals surface area contributed by atoms with Gasteiger partial charge in [-0.25, -0.2) is 4.79 Å². The van der Waals surface area contributed by atoms with Crippen LogP contribution in [0.25, 0.3) is 6.08 Å². The van der Waals surface area contributed by atoms with Crippen molar-refractivity contribution in [1.29, 1.82) is 0 Å².